The second kappa shape index (κ2) is 9.74. The zero-order valence-electron chi connectivity index (χ0n) is 16.7. The molecule has 1 saturated heterocycles. The zero-order valence-corrected chi connectivity index (χ0v) is 18.2. The molecule has 0 radical (unpaired) electrons. The Morgan fingerprint density at radius 2 is 1.81 bits per heavy atom. The first-order valence-electron chi connectivity index (χ1n) is 9.44. The van der Waals surface area contributed by atoms with Crippen molar-refractivity contribution >= 4 is 21.6 Å². The van der Waals surface area contributed by atoms with Gasteiger partial charge >= 0.3 is 6.18 Å². The first kappa shape index (κ1) is 23.8. The van der Waals surface area contributed by atoms with Crippen molar-refractivity contribution in [2.45, 2.75) is 17.1 Å². The molecular formula is C20H22ClF3N2O4S. The van der Waals surface area contributed by atoms with E-state index >= 15 is 0 Å². The maximum Gasteiger partial charge on any atom is 0.416 e. The molecule has 0 saturated carbocycles. The lowest BCUT2D eigenvalue weighted by atomic mass is 10.0. The van der Waals surface area contributed by atoms with Gasteiger partial charge < -0.3 is 9.47 Å². The number of hydrogen-bond donors (Lipinski definition) is 1. The van der Waals surface area contributed by atoms with Gasteiger partial charge in [0, 0.05) is 25.7 Å². The highest BCUT2D eigenvalue weighted by Gasteiger charge is 2.33. The van der Waals surface area contributed by atoms with Crippen LogP contribution in [0.1, 0.15) is 17.2 Å². The van der Waals surface area contributed by atoms with Gasteiger partial charge in [0.15, 0.2) is 0 Å². The Balaban J connectivity index is 1.86. The van der Waals surface area contributed by atoms with Gasteiger partial charge in [-0.05, 0) is 35.9 Å². The van der Waals surface area contributed by atoms with Crippen LogP contribution >= 0.6 is 11.6 Å². The van der Waals surface area contributed by atoms with Gasteiger partial charge in [0.05, 0.1) is 30.9 Å². The van der Waals surface area contributed by atoms with Gasteiger partial charge in [0.2, 0.25) is 10.0 Å². The predicted molar refractivity (Wildman–Crippen MR) is 110 cm³/mol. The van der Waals surface area contributed by atoms with Crippen molar-refractivity contribution in [2.75, 3.05) is 40.0 Å². The van der Waals surface area contributed by atoms with Crippen LogP contribution in [0.25, 0.3) is 0 Å². The van der Waals surface area contributed by atoms with E-state index in [0.29, 0.717) is 38.1 Å². The Hall–Kier alpha value is -1.85. The Kier molecular flexibility index (Phi) is 7.48. The molecule has 170 valence electrons. The number of morpholine rings is 1. The number of nitrogens with one attached hydrogen (secondary N) is 1. The Morgan fingerprint density at radius 1 is 1.16 bits per heavy atom. The third-order valence-electron chi connectivity index (χ3n) is 5.00. The molecule has 1 atom stereocenters. The van der Waals surface area contributed by atoms with Gasteiger partial charge in [-0.1, -0.05) is 23.7 Å². The standard InChI is InChI=1S/C20H22ClF3N2O4S/c1-29-16-5-2-14(3-6-16)18(26-8-10-30-11-9-26)13-25-31(27,28)19-12-15(20(22,23)24)4-7-17(19)21/h2-7,12,18,25H,8-11,13H2,1H3. The molecular weight excluding hydrogens is 457 g/mol. The summed E-state index contributed by atoms with van der Waals surface area (Å²) in [5, 5.41) is -0.284. The molecule has 2 aromatic rings. The van der Waals surface area contributed by atoms with Gasteiger partial charge in [0.1, 0.15) is 10.6 Å². The van der Waals surface area contributed by atoms with Crippen molar-refractivity contribution in [2.24, 2.45) is 0 Å². The number of methoxy groups -OCH3 is 1. The molecule has 0 bridgehead atoms. The quantitative estimate of drug-likeness (QED) is 0.657. The maximum atomic E-state index is 13.0. The van der Waals surface area contributed by atoms with Gasteiger partial charge in [-0.25, -0.2) is 13.1 Å². The van der Waals surface area contributed by atoms with E-state index in [1.165, 1.54) is 0 Å². The third-order valence-corrected chi connectivity index (χ3v) is 6.91. The van der Waals surface area contributed by atoms with Gasteiger partial charge in [-0.15, -0.1) is 0 Å². The highest BCUT2D eigenvalue weighted by Crippen LogP contribution is 2.33. The number of ether oxygens (including phenoxy) is 2. The molecule has 1 unspecified atom stereocenters. The summed E-state index contributed by atoms with van der Waals surface area (Å²) in [5.41, 5.74) is -0.252. The van der Waals surface area contributed by atoms with E-state index in [2.05, 4.69) is 9.62 Å². The summed E-state index contributed by atoms with van der Waals surface area (Å²) in [6, 6.07) is 9.05. The lowest BCUT2D eigenvalue weighted by Gasteiger charge is -2.35. The third kappa shape index (κ3) is 5.89. The molecule has 2 aromatic carbocycles. The lowest BCUT2D eigenvalue weighted by Crippen LogP contribution is -2.43. The van der Waals surface area contributed by atoms with Gasteiger partial charge in [-0.2, -0.15) is 13.2 Å². The molecule has 1 heterocycles. The molecule has 0 spiro atoms. The summed E-state index contributed by atoms with van der Waals surface area (Å²) < 4.78 is 77.7. The number of benzene rings is 2. The van der Waals surface area contributed by atoms with Gasteiger partial charge in [0.25, 0.3) is 0 Å². The summed E-state index contributed by atoms with van der Waals surface area (Å²) in [6.45, 7) is 2.12. The summed E-state index contributed by atoms with van der Waals surface area (Å²) in [7, 11) is -2.75. The van der Waals surface area contributed by atoms with E-state index in [1.54, 1.807) is 19.2 Å². The molecule has 6 nitrogen and oxygen atoms in total. The Morgan fingerprint density at radius 3 is 2.39 bits per heavy atom. The van der Waals surface area contributed by atoms with Crippen LogP contribution in [-0.2, 0) is 20.9 Å². The Bertz CT molecular complexity index is 994. The zero-order chi connectivity index (χ0) is 22.6. The van der Waals surface area contributed by atoms with Crippen molar-refractivity contribution in [3.05, 3.63) is 58.6 Å². The first-order chi connectivity index (χ1) is 14.6. The van der Waals surface area contributed by atoms with Crippen LogP contribution in [0, 0.1) is 0 Å². The second-order valence-electron chi connectivity index (χ2n) is 6.93. The summed E-state index contributed by atoms with van der Waals surface area (Å²) in [5.74, 6) is 0.654. The maximum absolute atomic E-state index is 13.0. The highest BCUT2D eigenvalue weighted by atomic mass is 35.5. The van der Waals surface area contributed by atoms with Crippen LogP contribution in [-0.4, -0.2) is 53.3 Å². The Labute approximate surface area is 183 Å². The van der Waals surface area contributed by atoms with E-state index in [1.807, 2.05) is 12.1 Å². The van der Waals surface area contributed by atoms with E-state index in [9.17, 15) is 21.6 Å². The number of alkyl halides is 3. The molecule has 1 aliphatic heterocycles. The first-order valence-corrected chi connectivity index (χ1v) is 11.3. The molecule has 1 aliphatic rings. The monoisotopic (exact) mass is 478 g/mol. The minimum Gasteiger partial charge on any atom is -0.497 e. The SMILES string of the molecule is COc1ccc(C(CNS(=O)(=O)c2cc(C(F)(F)F)ccc2Cl)N2CCOCC2)cc1. The van der Waals surface area contributed by atoms with E-state index in [0.717, 1.165) is 17.7 Å². The fourth-order valence-electron chi connectivity index (χ4n) is 3.32. The van der Waals surface area contributed by atoms with E-state index in [4.69, 9.17) is 21.1 Å². The molecule has 0 amide bonds. The highest BCUT2D eigenvalue weighted by molar-refractivity contribution is 7.89. The van der Waals surface area contributed by atoms with Crippen molar-refractivity contribution < 1.29 is 31.1 Å². The van der Waals surface area contributed by atoms with Crippen LogP contribution in [0.4, 0.5) is 13.2 Å². The molecule has 3 rings (SSSR count). The van der Waals surface area contributed by atoms with E-state index < -0.39 is 26.7 Å². The number of rotatable bonds is 7. The molecule has 11 heteroatoms. The fraction of sp³-hybridized carbons (Fsp3) is 0.400. The summed E-state index contributed by atoms with van der Waals surface area (Å²) in [4.78, 5) is 1.45. The number of nitrogens with zero attached hydrogens (tertiary/aromatic N) is 1. The summed E-state index contributed by atoms with van der Waals surface area (Å²) >= 11 is 5.92. The average Bonchev–Trinajstić information content (AvgIpc) is 2.74. The smallest absolute Gasteiger partial charge is 0.416 e. The lowest BCUT2D eigenvalue weighted by molar-refractivity contribution is -0.137. The van der Waals surface area contributed by atoms with Crippen LogP contribution in [0.5, 0.6) is 5.75 Å². The molecule has 1 fully saturated rings. The largest absolute Gasteiger partial charge is 0.497 e. The van der Waals surface area contributed by atoms with E-state index in [-0.39, 0.29) is 17.6 Å². The minimum atomic E-state index is -4.69. The van der Waals surface area contributed by atoms with Crippen LogP contribution < -0.4 is 9.46 Å². The average molecular weight is 479 g/mol. The van der Waals surface area contributed by atoms with Crippen molar-refractivity contribution in [3.8, 4) is 5.75 Å². The summed E-state index contributed by atoms with van der Waals surface area (Å²) in [6.07, 6.45) is -4.69. The number of sulfonamides is 1. The number of halogens is 4. The molecule has 0 aromatic heterocycles. The normalized spacial score (nSPS) is 16.8. The molecule has 1 N–H and O–H groups in total. The van der Waals surface area contributed by atoms with Crippen molar-refractivity contribution in [1.29, 1.82) is 0 Å². The van der Waals surface area contributed by atoms with Gasteiger partial charge in [-0.3, -0.25) is 4.90 Å². The molecule has 31 heavy (non-hydrogen) atoms. The fourth-order valence-corrected chi connectivity index (χ4v) is 4.89. The topological polar surface area (TPSA) is 67.9 Å². The van der Waals surface area contributed by atoms with Crippen LogP contribution in [0.3, 0.4) is 0 Å². The molecule has 0 aliphatic carbocycles. The van der Waals surface area contributed by atoms with Crippen LogP contribution in [0.2, 0.25) is 5.02 Å². The predicted octanol–water partition coefficient (Wildman–Crippen LogP) is 3.72. The van der Waals surface area contributed by atoms with Crippen LogP contribution in [0.15, 0.2) is 47.4 Å². The number of hydrogen-bond acceptors (Lipinski definition) is 5. The minimum absolute atomic E-state index is 0.0543. The second-order valence-corrected chi connectivity index (χ2v) is 9.07. The van der Waals surface area contributed by atoms with Crippen molar-refractivity contribution in [1.82, 2.24) is 9.62 Å². The van der Waals surface area contributed by atoms with Crippen molar-refractivity contribution in [3.63, 3.8) is 0 Å².